The highest BCUT2D eigenvalue weighted by atomic mass is 15.2. The van der Waals surface area contributed by atoms with Gasteiger partial charge in [-0.05, 0) is 45.2 Å². The van der Waals surface area contributed by atoms with E-state index < -0.39 is 0 Å². The molecule has 1 aromatic carbocycles. The molecule has 0 aliphatic carbocycles. The number of rotatable bonds is 3. The van der Waals surface area contributed by atoms with E-state index in [4.69, 9.17) is 0 Å². The monoisotopic (exact) mass is 244 g/mol. The molecule has 2 unspecified atom stereocenters. The summed E-state index contributed by atoms with van der Waals surface area (Å²) < 4.78 is 0. The molecule has 2 heteroatoms. The molecular formula is C16H24N2. The minimum atomic E-state index is 0.469. The smallest absolute Gasteiger partial charge is 0.0295 e. The van der Waals surface area contributed by atoms with Crippen molar-refractivity contribution in [2.45, 2.75) is 51.2 Å². The van der Waals surface area contributed by atoms with Crippen LogP contribution in [0.4, 0.5) is 0 Å². The molecule has 18 heavy (non-hydrogen) atoms. The van der Waals surface area contributed by atoms with Crippen LogP contribution in [0, 0.1) is 6.92 Å². The second kappa shape index (κ2) is 5.02. The maximum atomic E-state index is 3.84. The minimum absolute atomic E-state index is 0.469. The zero-order valence-corrected chi connectivity index (χ0v) is 11.5. The van der Waals surface area contributed by atoms with Crippen molar-refractivity contribution in [3.63, 3.8) is 0 Å². The summed E-state index contributed by atoms with van der Waals surface area (Å²) in [6.07, 6.45) is 4.10. The summed E-state index contributed by atoms with van der Waals surface area (Å²) in [5, 5.41) is 3.84. The van der Waals surface area contributed by atoms with Crippen LogP contribution in [0.5, 0.6) is 0 Å². The predicted molar refractivity (Wildman–Crippen MR) is 75.7 cm³/mol. The Hall–Kier alpha value is -0.860. The molecule has 0 aromatic heterocycles. The summed E-state index contributed by atoms with van der Waals surface area (Å²) in [6, 6.07) is 10.9. The first-order valence-electron chi connectivity index (χ1n) is 7.31. The third kappa shape index (κ3) is 2.32. The van der Waals surface area contributed by atoms with Crippen LogP contribution in [0.2, 0.25) is 0 Å². The fourth-order valence-electron chi connectivity index (χ4n) is 3.55. The van der Waals surface area contributed by atoms with Crippen LogP contribution in [0.25, 0.3) is 0 Å². The van der Waals surface area contributed by atoms with E-state index in [1.807, 2.05) is 0 Å². The summed E-state index contributed by atoms with van der Waals surface area (Å²) >= 11 is 0. The van der Waals surface area contributed by atoms with Crippen molar-refractivity contribution in [3.05, 3.63) is 35.4 Å². The molecule has 2 fully saturated rings. The predicted octanol–water partition coefficient (Wildman–Crippen LogP) is 2.88. The van der Waals surface area contributed by atoms with Gasteiger partial charge in [0, 0.05) is 24.7 Å². The number of nitrogens with zero attached hydrogens (tertiary/aromatic N) is 1. The number of benzene rings is 1. The van der Waals surface area contributed by atoms with Crippen LogP contribution in [0.3, 0.4) is 0 Å². The molecular weight excluding hydrogens is 220 g/mol. The van der Waals surface area contributed by atoms with Crippen molar-refractivity contribution in [3.8, 4) is 0 Å². The molecule has 0 amide bonds. The fraction of sp³-hybridized carbons (Fsp3) is 0.625. The molecule has 0 spiro atoms. The van der Waals surface area contributed by atoms with E-state index in [0.29, 0.717) is 12.1 Å². The van der Waals surface area contributed by atoms with Gasteiger partial charge in [-0.2, -0.15) is 0 Å². The maximum Gasteiger partial charge on any atom is 0.0295 e. The Bertz CT molecular complexity index is 398. The number of hydrogen-bond donors (Lipinski definition) is 1. The van der Waals surface area contributed by atoms with Crippen molar-refractivity contribution in [2.24, 2.45) is 0 Å². The van der Waals surface area contributed by atoms with Gasteiger partial charge >= 0.3 is 0 Å². The van der Waals surface area contributed by atoms with Gasteiger partial charge in [0.1, 0.15) is 0 Å². The van der Waals surface area contributed by atoms with Gasteiger partial charge in [0.25, 0.3) is 0 Å². The van der Waals surface area contributed by atoms with Gasteiger partial charge in [-0.3, -0.25) is 4.90 Å². The Labute approximate surface area is 110 Å². The molecule has 2 nitrogen and oxygen atoms in total. The Kier molecular flexibility index (Phi) is 3.40. The lowest BCUT2D eigenvalue weighted by atomic mass is 10.0. The van der Waals surface area contributed by atoms with Gasteiger partial charge in [0.2, 0.25) is 0 Å². The topological polar surface area (TPSA) is 15.3 Å². The van der Waals surface area contributed by atoms with Crippen LogP contribution in [0.15, 0.2) is 24.3 Å². The second-order valence-electron chi connectivity index (χ2n) is 5.94. The van der Waals surface area contributed by atoms with Crippen LogP contribution in [0.1, 0.15) is 43.4 Å². The van der Waals surface area contributed by atoms with Gasteiger partial charge in [0.15, 0.2) is 0 Å². The first kappa shape index (κ1) is 12.2. The first-order valence-corrected chi connectivity index (χ1v) is 7.31. The summed E-state index contributed by atoms with van der Waals surface area (Å²) in [7, 11) is 0. The quantitative estimate of drug-likeness (QED) is 0.879. The zero-order chi connectivity index (χ0) is 12.5. The Balaban J connectivity index is 1.64. The Morgan fingerprint density at radius 1 is 1.17 bits per heavy atom. The van der Waals surface area contributed by atoms with Gasteiger partial charge in [-0.25, -0.2) is 0 Å². The Morgan fingerprint density at radius 2 is 1.94 bits per heavy atom. The van der Waals surface area contributed by atoms with Crippen LogP contribution >= 0.6 is 0 Å². The molecule has 1 aromatic rings. The van der Waals surface area contributed by atoms with Crippen molar-refractivity contribution in [2.75, 3.05) is 13.1 Å². The van der Waals surface area contributed by atoms with Crippen molar-refractivity contribution < 1.29 is 0 Å². The van der Waals surface area contributed by atoms with E-state index in [2.05, 4.69) is 48.3 Å². The van der Waals surface area contributed by atoms with Crippen LogP contribution < -0.4 is 5.32 Å². The fourth-order valence-corrected chi connectivity index (χ4v) is 3.55. The molecule has 3 atom stereocenters. The molecule has 98 valence electrons. The number of nitrogens with one attached hydrogen (secondary N) is 1. The average molecular weight is 244 g/mol. The molecule has 2 aliphatic heterocycles. The third-order valence-electron chi connectivity index (χ3n) is 4.65. The maximum absolute atomic E-state index is 3.84. The van der Waals surface area contributed by atoms with Crippen LogP contribution in [-0.2, 0) is 0 Å². The lowest BCUT2D eigenvalue weighted by Gasteiger charge is -2.25. The van der Waals surface area contributed by atoms with E-state index in [0.717, 1.165) is 6.04 Å². The molecule has 2 aliphatic rings. The highest BCUT2D eigenvalue weighted by molar-refractivity contribution is 5.24. The average Bonchev–Trinajstić information content (AvgIpc) is 2.95. The summed E-state index contributed by atoms with van der Waals surface area (Å²) in [6.45, 7) is 7.06. The second-order valence-corrected chi connectivity index (χ2v) is 5.94. The standard InChI is InChI=1S/C16H24N2/c1-12-5-7-14(8-6-12)13(2)17-15-9-11-18-10-3-4-16(15)18/h5-8,13,15-17H,3-4,9-11H2,1-2H3/t13-,15?,16?/m1/s1. The SMILES string of the molecule is Cc1ccc([C@@H](C)NC2CCN3CCCC23)cc1. The lowest BCUT2D eigenvalue weighted by Crippen LogP contribution is -2.40. The minimum Gasteiger partial charge on any atom is -0.306 e. The summed E-state index contributed by atoms with van der Waals surface area (Å²) in [5.74, 6) is 0. The van der Waals surface area contributed by atoms with Crippen LogP contribution in [-0.4, -0.2) is 30.1 Å². The highest BCUT2D eigenvalue weighted by Gasteiger charge is 2.37. The molecule has 0 saturated carbocycles. The first-order chi connectivity index (χ1) is 8.74. The summed E-state index contributed by atoms with van der Waals surface area (Å²) in [4.78, 5) is 2.67. The number of hydrogen-bond acceptors (Lipinski definition) is 2. The highest BCUT2D eigenvalue weighted by Crippen LogP contribution is 2.29. The Morgan fingerprint density at radius 3 is 2.72 bits per heavy atom. The van der Waals surface area contributed by atoms with Crippen molar-refractivity contribution in [1.29, 1.82) is 0 Å². The molecule has 0 radical (unpaired) electrons. The molecule has 2 saturated heterocycles. The molecule has 3 rings (SSSR count). The van der Waals surface area contributed by atoms with E-state index >= 15 is 0 Å². The third-order valence-corrected chi connectivity index (χ3v) is 4.65. The zero-order valence-electron chi connectivity index (χ0n) is 11.5. The van der Waals surface area contributed by atoms with Gasteiger partial charge in [-0.15, -0.1) is 0 Å². The normalized spacial score (nSPS) is 29.4. The lowest BCUT2D eigenvalue weighted by molar-refractivity contribution is 0.291. The van der Waals surface area contributed by atoms with Gasteiger partial charge in [0.05, 0.1) is 0 Å². The number of aryl methyl sites for hydroxylation is 1. The van der Waals surface area contributed by atoms with Gasteiger partial charge < -0.3 is 5.32 Å². The van der Waals surface area contributed by atoms with Gasteiger partial charge in [-0.1, -0.05) is 29.8 Å². The van der Waals surface area contributed by atoms with E-state index in [1.165, 1.54) is 43.5 Å². The van der Waals surface area contributed by atoms with Crippen molar-refractivity contribution in [1.82, 2.24) is 10.2 Å². The van der Waals surface area contributed by atoms with E-state index in [1.54, 1.807) is 0 Å². The molecule has 0 bridgehead atoms. The van der Waals surface area contributed by atoms with E-state index in [9.17, 15) is 0 Å². The largest absolute Gasteiger partial charge is 0.306 e. The molecule has 1 N–H and O–H groups in total. The number of fused-ring (bicyclic) bond motifs is 1. The van der Waals surface area contributed by atoms with Crippen molar-refractivity contribution >= 4 is 0 Å². The van der Waals surface area contributed by atoms with E-state index in [-0.39, 0.29) is 0 Å². The molecule has 2 heterocycles. The summed E-state index contributed by atoms with van der Waals surface area (Å²) in [5.41, 5.74) is 2.76.